The number of hydroxylamine groups is 2. The van der Waals surface area contributed by atoms with Gasteiger partial charge in [-0.3, -0.25) is 4.84 Å². The van der Waals surface area contributed by atoms with Crippen molar-refractivity contribution in [2.45, 2.75) is 0 Å². The fraction of sp³-hybridized carbons (Fsp3) is 1.00. The number of rotatable bonds is 3. The van der Waals surface area contributed by atoms with Crippen LogP contribution in [-0.2, 0) is 14.3 Å². The molecule has 1 fully saturated rings. The molecule has 0 unspecified atom stereocenters. The predicted molar refractivity (Wildman–Crippen MR) is 35.4 cm³/mol. The largest absolute Gasteiger partial charge is 0.379 e. The third kappa shape index (κ3) is 2.62. The summed E-state index contributed by atoms with van der Waals surface area (Å²) in [4.78, 5) is 5.16. The van der Waals surface area contributed by atoms with E-state index in [0.717, 1.165) is 26.3 Å². The molecular weight excluding hydrogens is 134 g/mol. The second-order valence-corrected chi connectivity index (χ2v) is 2.08. The highest BCUT2D eigenvalue weighted by molar-refractivity contribution is 4.50. The number of methoxy groups -OCH3 is 1. The molecule has 0 N–H and O–H groups in total. The van der Waals surface area contributed by atoms with E-state index >= 15 is 0 Å². The molecule has 1 rings (SSSR count). The van der Waals surface area contributed by atoms with Crippen molar-refractivity contribution in [1.29, 1.82) is 0 Å². The minimum atomic E-state index is 0.333. The Morgan fingerprint density at radius 3 is 2.70 bits per heavy atom. The van der Waals surface area contributed by atoms with E-state index in [9.17, 15) is 0 Å². The molecular formula is C6H13NO3. The molecule has 0 aliphatic carbocycles. The van der Waals surface area contributed by atoms with Gasteiger partial charge in [0.2, 0.25) is 0 Å². The van der Waals surface area contributed by atoms with E-state index in [4.69, 9.17) is 14.3 Å². The van der Waals surface area contributed by atoms with Crippen LogP contribution in [0.15, 0.2) is 0 Å². The van der Waals surface area contributed by atoms with E-state index < -0.39 is 0 Å². The SMILES string of the molecule is COCON1CCOCC1. The maximum Gasteiger partial charge on any atom is 0.166 e. The topological polar surface area (TPSA) is 30.9 Å². The predicted octanol–water partition coefficient (Wildman–Crippen LogP) is -0.146. The Hall–Kier alpha value is -0.160. The first kappa shape index (κ1) is 7.94. The molecule has 4 heteroatoms. The molecule has 4 nitrogen and oxygen atoms in total. The molecule has 0 bridgehead atoms. The Kier molecular flexibility index (Phi) is 3.67. The summed E-state index contributed by atoms with van der Waals surface area (Å²) in [5, 5.41) is 1.85. The van der Waals surface area contributed by atoms with Gasteiger partial charge in [0.05, 0.1) is 13.2 Å². The number of hydrogen-bond acceptors (Lipinski definition) is 4. The van der Waals surface area contributed by atoms with Gasteiger partial charge in [-0.2, -0.15) is 5.06 Å². The molecule has 0 radical (unpaired) electrons. The summed E-state index contributed by atoms with van der Waals surface area (Å²) in [6, 6.07) is 0. The van der Waals surface area contributed by atoms with Gasteiger partial charge in [0, 0.05) is 20.2 Å². The summed E-state index contributed by atoms with van der Waals surface area (Å²) in [6.07, 6.45) is 0. The lowest BCUT2D eigenvalue weighted by Gasteiger charge is -2.24. The Morgan fingerprint density at radius 2 is 2.10 bits per heavy atom. The molecule has 0 atom stereocenters. The van der Waals surface area contributed by atoms with Gasteiger partial charge in [-0.15, -0.1) is 0 Å². The first-order valence-corrected chi connectivity index (χ1v) is 3.38. The van der Waals surface area contributed by atoms with Gasteiger partial charge in [0.25, 0.3) is 0 Å². The van der Waals surface area contributed by atoms with Gasteiger partial charge < -0.3 is 9.47 Å². The van der Waals surface area contributed by atoms with E-state index in [1.165, 1.54) is 0 Å². The average Bonchev–Trinajstić information content (AvgIpc) is 2.03. The molecule has 0 aromatic heterocycles. The van der Waals surface area contributed by atoms with Crippen LogP contribution in [0.25, 0.3) is 0 Å². The highest BCUT2D eigenvalue weighted by Gasteiger charge is 2.09. The van der Waals surface area contributed by atoms with Crippen LogP contribution >= 0.6 is 0 Å². The van der Waals surface area contributed by atoms with Crippen molar-refractivity contribution in [3.05, 3.63) is 0 Å². The van der Waals surface area contributed by atoms with Crippen molar-refractivity contribution in [2.24, 2.45) is 0 Å². The summed E-state index contributed by atoms with van der Waals surface area (Å²) in [5.74, 6) is 0. The van der Waals surface area contributed by atoms with Crippen LogP contribution in [0.3, 0.4) is 0 Å². The quantitative estimate of drug-likeness (QED) is 0.520. The molecule has 0 amide bonds. The van der Waals surface area contributed by atoms with E-state index in [1.54, 1.807) is 7.11 Å². The van der Waals surface area contributed by atoms with Gasteiger partial charge in [0.15, 0.2) is 6.79 Å². The van der Waals surface area contributed by atoms with Crippen molar-refractivity contribution in [1.82, 2.24) is 5.06 Å². The summed E-state index contributed by atoms with van der Waals surface area (Å²) in [5.41, 5.74) is 0. The normalized spacial score (nSPS) is 21.3. The van der Waals surface area contributed by atoms with E-state index in [2.05, 4.69) is 0 Å². The van der Waals surface area contributed by atoms with Crippen molar-refractivity contribution >= 4 is 0 Å². The van der Waals surface area contributed by atoms with Crippen LogP contribution in [0.5, 0.6) is 0 Å². The van der Waals surface area contributed by atoms with Crippen LogP contribution in [0.2, 0.25) is 0 Å². The van der Waals surface area contributed by atoms with Gasteiger partial charge >= 0.3 is 0 Å². The summed E-state index contributed by atoms with van der Waals surface area (Å²) in [7, 11) is 1.61. The molecule has 1 saturated heterocycles. The third-order valence-corrected chi connectivity index (χ3v) is 1.32. The first-order valence-electron chi connectivity index (χ1n) is 3.38. The van der Waals surface area contributed by atoms with Crippen molar-refractivity contribution in [3.8, 4) is 0 Å². The van der Waals surface area contributed by atoms with Gasteiger partial charge in [-0.25, -0.2) is 0 Å². The fourth-order valence-electron chi connectivity index (χ4n) is 0.803. The van der Waals surface area contributed by atoms with E-state index in [0.29, 0.717) is 6.79 Å². The van der Waals surface area contributed by atoms with E-state index in [-0.39, 0.29) is 0 Å². The Bertz CT molecular complexity index is 83.1. The van der Waals surface area contributed by atoms with Gasteiger partial charge in [-0.05, 0) is 0 Å². The molecule has 0 aromatic rings. The molecule has 0 aromatic carbocycles. The van der Waals surface area contributed by atoms with Crippen LogP contribution in [0.1, 0.15) is 0 Å². The van der Waals surface area contributed by atoms with Gasteiger partial charge in [-0.1, -0.05) is 0 Å². The van der Waals surface area contributed by atoms with Gasteiger partial charge in [0.1, 0.15) is 0 Å². The van der Waals surface area contributed by atoms with Crippen LogP contribution in [0, 0.1) is 0 Å². The number of ether oxygens (including phenoxy) is 2. The molecule has 0 spiro atoms. The lowest BCUT2D eigenvalue weighted by molar-refractivity contribution is -0.239. The number of morpholine rings is 1. The Balaban J connectivity index is 2.02. The molecule has 60 valence electrons. The van der Waals surface area contributed by atoms with Crippen LogP contribution in [0.4, 0.5) is 0 Å². The number of hydrogen-bond donors (Lipinski definition) is 0. The highest BCUT2D eigenvalue weighted by atomic mass is 16.8. The van der Waals surface area contributed by atoms with Crippen LogP contribution in [-0.4, -0.2) is 45.3 Å². The zero-order valence-corrected chi connectivity index (χ0v) is 6.21. The second kappa shape index (κ2) is 4.62. The van der Waals surface area contributed by atoms with Crippen LogP contribution < -0.4 is 0 Å². The average molecular weight is 147 g/mol. The minimum absolute atomic E-state index is 0.333. The summed E-state index contributed by atoms with van der Waals surface area (Å²) < 4.78 is 9.86. The molecule has 10 heavy (non-hydrogen) atoms. The smallest absolute Gasteiger partial charge is 0.166 e. The second-order valence-electron chi connectivity index (χ2n) is 2.08. The summed E-state index contributed by atoms with van der Waals surface area (Å²) >= 11 is 0. The number of nitrogens with zero attached hydrogens (tertiary/aromatic N) is 1. The summed E-state index contributed by atoms with van der Waals surface area (Å²) in [6.45, 7) is 3.51. The standard InChI is InChI=1S/C6H13NO3/c1-8-6-10-7-2-4-9-5-3-7/h2-6H2,1H3. The maximum atomic E-state index is 5.16. The minimum Gasteiger partial charge on any atom is -0.379 e. The van der Waals surface area contributed by atoms with Crippen molar-refractivity contribution in [2.75, 3.05) is 40.2 Å². The lowest BCUT2D eigenvalue weighted by Crippen LogP contribution is -2.36. The zero-order chi connectivity index (χ0) is 7.23. The molecule has 0 saturated carbocycles. The Labute approximate surface area is 60.6 Å². The first-order chi connectivity index (χ1) is 4.93. The lowest BCUT2D eigenvalue weighted by atomic mass is 10.5. The van der Waals surface area contributed by atoms with E-state index in [1.807, 2.05) is 5.06 Å². The fourth-order valence-corrected chi connectivity index (χ4v) is 0.803. The third-order valence-electron chi connectivity index (χ3n) is 1.32. The van der Waals surface area contributed by atoms with Crippen molar-refractivity contribution in [3.63, 3.8) is 0 Å². The zero-order valence-electron chi connectivity index (χ0n) is 6.21. The molecule has 1 aliphatic rings. The monoisotopic (exact) mass is 147 g/mol. The van der Waals surface area contributed by atoms with Crippen molar-refractivity contribution < 1.29 is 14.3 Å². The maximum absolute atomic E-state index is 5.16. The molecule has 1 heterocycles. The Morgan fingerprint density at radius 1 is 1.40 bits per heavy atom. The highest BCUT2D eigenvalue weighted by Crippen LogP contribution is 1.96. The molecule has 1 aliphatic heterocycles.